The first-order valence-electron chi connectivity index (χ1n) is 14.9. The smallest absolute Gasteiger partial charge is 0.488 e. The maximum Gasteiger partial charge on any atom is 0.573 e. The molecule has 1 aromatic heterocycles. The van der Waals surface area contributed by atoms with Gasteiger partial charge in [0.15, 0.2) is 5.13 Å². The van der Waals surface area contributed by atoms with Crippen LogP contribution in [-0.2, 0) is 11.4 Å². The molecule has 0 spiro atoms. The molecule has 2 aromatic carbocycles. The van der Waals surface area contributed by atoms with Crippen LogP contribution < -0.4 is 14.4 Å². The average molecular weight is 630 g/mol. The fraction of sp³-hybridized carbons (Fsp3) is 0.469. The molecule has 1 saturated carbocycles. The van der Waals surface area contributed by atoms with Gasteiger partial charge in [-0.05, 0) is 75.1 Å². The van der Waals surface area contributed by atoms with E-state index in [9.17, 15) is 27.9 Å². The van der Waals surface area contributed by atoms with Gasteiger partial charge in [-0.25, -0.2) is 4.98 Å². The molecule has 3 aliphatic rings. The van der Waals surface area contributed by atoms with E-state index < -0.39 is 18.1 Å². The van der Waals surface area contributed by atoms with E-state index in [1.165, 1.54) is 23.5 Å². The lowest BCUT2D eigenvalue weighted by atomic mass is 9.85. The number of aromatic nitrogens is 1. The third kappa shape index (κ3) is 6.50. The number of rotatable bonds is 8. The predicted octanol–water partition coefficient (Wildman–Crippen LogP) is 6.77. The van der Waals surface area contributed by atoms with Gasteiger partial charge in [-0.15, -0.1) is 24.5 Å². The van der Waals surface area contributed by atoms with Crippen LogP contribution in [0.5, 0.6) is 11.5 Å². The van der Waals surface area contributed by atoms with Gasteiger partial charge in [-0.3, -0.25) is 9.59 Å². The summed E-state index contributed by atoms with van der Waals surface area (Å²) >= 11 is 1.48. The van der Waals surface area contributed by atoms with Crippen LogP contribution in [0.25, 0.3) is 11.3 Å². The molecule has 234 valence electrons. The van der Waals surface area contributed by atoms with Crippen LogP contribution in [0, 0.1) is 24.7 Å². The molecule has 3 atom stereocenters. The molecule has 3 fully saturated rings. The Bertz CT molecular complexity index is 1520. The highest BCUT2D eigenvalue weighted by Crippen LogP contribution is 2.44. The van der Waals surface area contributed by atoms with Crippen molar-refractivity contribution in [2.75, 3.05) is 31.1 Å². The van der Waals surface area contributed by atoms with E-state index in [1.807, 2.05) is 24.4 Å². The number of piperidine rings is 2. The Morgan fingerprint density at radius 1 is 1.02 bits per heavy atom. The van der Waals surface area contributed by atoms with Crippen LogP contribution >= 0.6 is 11.3 Å². The number of anilines is 1. The van der Waals surface area contributed by atoms with Crippen molar-refractivity contribution >= 4 is 28.3 Å². The zero-order valence-electron chi connectivity index (χ0n) is 24.3. The van der Waals surface area contributed by atoms with E-state index in [-0.39, 0.29) is 41.4 Å². The number of alkyl halides is 3. The van der Waals surface area contributed by atoms with Crippen LogP contribution in [0.3, 0.4) is 0 Å². The lowest BCUT2D eigenvalue weighted by Gasteiger charge is -2.35. The SMILES string of the molecule is Cc1ccc(OCc2ccc(C(=O)N3CCCCC3)cc2OC(F)(F)F)c(-c2csc(N3C[C@H]4CC[C@@H](C3)C4C(=O)O)n2)c1. The summed E-state index contributed by atoms with van der Waals surface area (Å²) in [5, 5.41) is 12.4. The van der Waals surface area contributed by atoms with Gasteiger partial charge in [0, 0.05) is 48.2 Å². The van der Waals surface area contributed by atoms with Crippen LogP contribution in [0.4, 0.5) is 18.3 Å². The average Bonchev–Trinajstić information content (AvgIpc) is 3.59. The Hall–Kier alpha value is -3.80. The van der Waals surface area contributed by atoms with Crippen molar-refractivity contribution in [3.8, 4) is 22.8 Å². The molecule has 12 heteroatoms. The highest BCUT2D eigenvalue weighted by molar-refractivity contribution is 7.14. The molecular formula is C32H34F3N3O5S. The minimum absolute atomic E-state index is 0.103. The predicted molar refractivity (Wildman–Crippen MR) is 159 cm³/mol. The molecule has 2 aliphatic heterocycles. The number of hydrogen-bond donors (Lipinski definition) is 1. The minimum atomic E-state index is -4.94. The molecule has 44 heavy (non-hydrogen) atoms. The number of carbonyl (C=O) groups is 2. The third-order valence-electron chi connectivity index (χ3n) is 8.86. The number of fused-ring (bicyclic) bond motifs is 2. The van der Waals surface area contributed by atoms with Crippen molar-refractivity contribution in [1.29, 1.82) is 0 Å². The van der Waals surface area contributed by atoms with Crippen molar-refractivity contribution in [3.63, 3.8) is 0 Å². The summed E-state index contributed by atoms with van der Waals surface area (Å²) in [5.41, 5.74) is 2.63. The van der Waals surface area contributed by atoms with Gasteiger partial charge in [-0.1, -0.05) is 17.7 Å². The number of aliphatic carboxylic acids is 1. The number of likely N-dealkylation sites (tertiary alicyclic amines) is 1. The molecule has 6 rings (SSSR count). The summed E-state index contributed by atoms with van der Waals surface area (Å²) < 4.78 is 50.5. The van der Waals surface area contributed by atoms with Crippen molar-refractivity contribution < 1.29 is 37.3 Å². The second-order valence-electron chi connectivity index (χ2n) is 11.9. The number of ether oxygens (including phenoxy) is 2. The number of carboxylic acids is 1. The number of nitrogens with zero attached hydrogens (tertiary/aromatic N) is 3. The number of aryl methyl sites for hydroxylation is 1. The zero-order valence-corrected chi connectivity index (χ0v) is 25.1. The van der Waals surface area contributed by atoms with Crippen molar-refractivity contribution in [1.82, 2.24) is 9.88 Å². The minimum Gasteiger partial charge on any atom is -0.488 e. The number of thiazole rings is 1. The van der Waals surface area contributed by atoms with Gasteiger partial charge in [0.25, 0.3) is 5.91 Å². The maximum atomic E-state index is 13.4. The van der Waals surface area contributed by atoms with Crippen molar-refractivity contribution in [3.05, 3.63) is 58.5 Å². The van der Waals surface area contributed by atoms with E-state index in [4.69, 9.17) is 9.72 Å². The van der Waals surface area contributed by atoms with Gasteiger partial charge in [-0.2, -0.15) is 0 Å². The summed E-state index contributed by atoms with van der Waals surface area (Å²) in [5.74, 6) is -1.15. The maximum absolute atomic E-state index is 13.4. The second-order valence-corrected chi connectivity index (χ2v) is 12.7. The topological polar surface area (TPSA) is 92.2 Å². The van der Waals surface area contributed by atoms with Crippen molar-refractivity contribution in [2.45, 2.75) is 52.0 Å². The summed E-state index contributed by atoms with van der Waals surface area (Å²) in [4.78, 5) is 33.4. The second kappa shape index (κ2) is 12.3. The van der Waals surface area contributed by atoms with E-state index in [0.717, 1.165) is 48.9 Å². The van der Waals surface area contributed by atoms with Gasteiger partial charge in [0.1, 0.15) is 18.1 Å². The largest absolute Gasteiger partial charge is 0.573 e. The zero-order chi connectivity index (χ0) is 31.0. The summed E-state index contributed by atoms with van der Waals surface area (Å²) in [6, 6.07) is 9.65. The Morgan fingerprint density at radius 3 is 2.43 bits per heavy atom. The number of carbonyl (C=O) groups excluding carboxylic acids is 1. The van der Waals surface area contributed by atoms with Gasteiger partial charge in [0.05, 0.1) is 11.6 Å². The summed E-state index contributed by atoms with van der Waals surface area (Å²) in [6.45, 7) is 4.17. The van der Waals surface area contributed by atoms with Gasteiger partial charge < -0.3 is 24.4 Å². The lowest BCUT2D eigenvalue weighted by molar-refractivity contribution is -0.275. The number of amides is 1. The highest BCUT2D eigenvalue weighted by Gasteiger charge is 2.46. The molecule has 3 heterocycles. The van der Waals surface area contributed by atoms with Gasteiger partial charge in [0.2, 0.25) is 0 Å². The number of halogens is 3. The summed E-state index contributed by atoms with van der Waals surface area (Å²) in [6.07, 6.45) is -0.371. The Kier molecular flexibility index (Phi) is 8.45. The molecule has 3 aromatic rings. The molecule has 1 unspecified atom stereocenters. The fourth-order valence-corrected chi connectivity index (χ4v) is 7.59. The van der Waals surface area contributed by atoms with Crippen LogP contribution in [0.15, 0.2) is 41.8 Å². The quantitative estimate of drug-likeness (QED) is 0.294. The third-order valence-corrected chi connectivity index (χ3v) is 9.76. The number of carboxylic acid groups (broad SMARTS) is 1. The van der Waals surface area contributed by atoms with Crippen LogP contribution in [0.2, 0.25) is 0 Å². The molecule has 1 amide bonds. The molecule has 2 bridgehead atoms. The number of benzene rings is 2. The van der Waals surface area contributed by atoms with E-state index >= 15 is 0 Å². The van der Waals surface area contributed by atoms with Crippen LogP contribution in [0.1, 0.15) is 53.6 Å². The normalized spacial score (nSPS) is 21.8. The van der Waals surface area contributed by atoms with E-state index in [1.54, 1.807) is 11.0 Å². The first kappa shape index (κ1) is 30.2. The molecule has 0 radical (unpaired) electrons. The summed E-state index contributed by atoms with van der Waals surface area (Å²) in [7, 11) is 0. The molecule has 1 aliphatic carbocycles. The van der Waals surface area contributed by atoms with Crippen molar-refractivity contribution in [2.24, 2.45) is 17.8 Å². The first-order valence-corrected chi connectivity index (χ1v) is 15.8. The molecule has 1 N–H and O–H groups in total. The standard InChI is InChI=1S/C32H34F3N3O5S/c1-19-5-10-26(24(13-19)25-18-44-31(36-25)38-15-21-7-8-22(16-38)28(21)30(40)41)42-17-23-9-6-20(14-27(23)43-32(33,34)35)29(39)37-11-3-2-4-12-37/h5-6,9-10,13-14,18,21-22,28H,2-4,7-8,11-12,15-17H2,1H3,(H,40,41)/t21-,22+,28?. The Balaban J connectivity index is 1.21. The Labute approximate surface area is 257 Å². The van der Waals surface area contributed by atoms with E-state index in [0.29, 0.717) is 43.2 Å². The van der Waals surface area contributed by atoms with Crippen LogP contribution in [-0.4, -0.2) is 59.4 Å². The molecule has 8 nitrogen and oxygen atoms in total. The highest BCUT2D eigenvalue weighted by atomic mass is 32.1. The Morgan fingerprint density at radius 2 is 1.75 bits per heavy atom. The lowest BCUT2D eigenvalue weighted by Crippen LogP contribution is -2.44. The number of hydrogen-bond acceptors (Lipinski definition) is 7. The monoisotopic (exact) mass is 629 g/mol. The first-order chi connectivity index (χ1) is 21.1. The molecule has 2 saturated heterocycles. The molecular weight excluding hydrogens is 595 g/mol. The fourth-order valence-electron chi connectivity index (χ4n) is 6.75. The van der Waals surface area contributed by atoms with Gasteiger partial charge >= 0.3 is 12.3 Å². The van der Waals surface area contributed by atoms with E-state index in [2.05, 4.69) is 9.64 Å².